The molecule has 0 bridgehead atoms. The van der Waals surface area contributed by atoms with Crippen molar-refractivity contribution >= 4 is 27.5 Å². The summed E-state index contributed by atoms with van der Waals surface area (Å²) in [6, 6.07) is 21.2. The van der Waals surface area contributed by atoms with Crippen molar-refractivity contribution in [2.24, 2.45) is 5.92 Å². The second-order valence-electron chi connectivity index (χ2n) is 10.9. The van der Waals surface area contributed by atoms with Crippen LogP contribution < -0.4 is 14.4 Å². The van der Waals surface area contributed by atoms with E-state index in [4.69, 9.17) is 4.74 Å². The van der Waals surface area contributed by atoms with Crippen LogP contribution in [-0.2, 0) is 32.6 Å². The summed E-state index contributed by atoms with van der Waals surface area (Å²) in [6.45, 7) is 6.97. The molecule has 0 fully saturated rings. The quantitative estimate of drug-likeness (QED) is 0.241. The van der Waals surface area contributed by atoms with E-state index in [2.05, 4.69) is 5.32 Å². The normalized spacial score (nSPS) is 12.0. The summed E-state index contributed by atoms with van der Waals surface area (Å²) in [7, 11) is -3.63. The highest BCUT2D eigenvalue weighted by molar-refractivity contribution is 7.92. The molecule has 0 saturated carbocycles. The largest absolute Gasteiger partial charge is 0.494 e. The van der Waals surface area contributed by atoms with E-state index in [1.807, 2.05) is 51.1 Å². The summed E-state index contributed by atoms with van der Waals surface area (Å²) in [5.41, 5.74) is 2.04. The summed E-state index contributed by atoms with van der Waals surface area (Å²) >= 11 is 0. The summed E-state index contributed by atoms with van der Waals surface area (Å²) < 4.78 is 45.7. The Morgan fingerprint density at radius 1 is 0.930 bits per heavy atom. The lowest BCUT2D eigenvalue weighted by Crippen LogP contribution is -2.51. The van der Waals surface area contributed by atoms with Crippen LogP contribution in [0.15, 0.2) is 78.9 Å². The molecule has 1 unspecified atom stereocenters. The number of nitrogens with zero attached hydrogens (tertiary/aromatic N) is 2. The molecule has 8 nitrogen and oxygen atoms in total. The van der Waals surface area contributed by atoms with Crippen molar-refractivity contribution in [1.82, 2.24) is 10.2 Å². The molecule has 0 heterocycles. The number of carbonyl (C=O) groups is 2. The zero-order valence-electron chi connectivity index (χ0n) is 25.3. The minimum absolute atomic E-state index is 0.00694. The van der Waals surface area contributed by atoms with Gasteiger partial charge in [-0.2, -0.15) is 0 Å². The predicted octanol–water partition coefficient (Wildman–Crippen LogP) is 5.18. The maximum absolute atomic E-state index is 13.9. The summed E-state index contributed by atoms with van der Waals surface area (Å²) in [4.78, 5) is 28.9. The molecule has 0 aliphatic carbocycles. The van der Waals surface area contributed by atoms with Crippen molar-refractivity contribution in [3.63, 3.8) is 0 Å². The third-order valence-corrected chi connectivity index (χ3v) is 8.00. The van der Waals surface area contributed by atoms with Crippen molar-refractivity contribution in [3.05, 3.63) is 95.8 Å². The second-order valence-corrected chi connectivity index (χ2v) is 12.8. The van der Waals surface area contributed by atoms with E-state index < -0.39 is 21.9 Å². The van der Waals surface area contributed by atoms with Crippen molar-refractivity contribution in [2.45, 2.75) is 52.6 Å². The van der Waals surface area contributed by atoms with Crippen LogP contribution in [0.2, 0.25) is 0 Å². The topological polar surface area (TPSA) is 96.0 Å². The number of hydrogen-bond acceptors (Lipinski definition) is 5. The first-order valence-corrected chi connectivity index (χ1v) is 16.4. The van der Waals surface area contributed by atoms with Crippen LogP contribution in [0.4, 0.5) is 10.1 Å². The van der Waals surface area contributed by atoms with Gasteiger partial charge in [0, 0.05) is 32.5 Å². The third-order valence-electron chi connectivity index (χ3n) is 6.81. The zero-order valence-corrected chi connectivity index (χ0v) is 26.1. The first-order valence-electron chi connectivity index (χ1n) is 14.5. The molecular formula is C33H42FN3O5S. The Balaban J connectivity index is 1.85. The van der Waals surface area contributed by atoms with Crippen molar-refractivity contribution < 1.29 is 27.1 Å². The molecule has 3 aromatic carbocycles. The predicted molar refractivity (Wildman–Crippen MR) is 168 cm³/mol. The standard InChI is InChI=1S/C33H42FN3O5S/c1-5-42-30-19-17-29(18-20-30)37(43(4,40)41)21-9-12-32(38)36(24-27-13-15-28(34)16-14-27)31(33(39)35-23-25(2)3)22-26-10-7-6-8-11-26/h6-8,10-11,13-20,25,31H,5,9,12,21-24H2,1-4H3,(H,35,39). The van der Waals surface area contributed by atoms with Gasteiger partial charge in [-0.3, -0.25) is 13.9 Å². The molecule has 43 heavy (non-hydrogen) atoms. The molecule has 0 spiro atoms. The molecule has 0 aromatic heterocycles. The number of rotatable bonds is 16. The lowest BCUT2D eigenvalue weighted by molar-refractivity contribution is -0.141. The van der Waals surface area contributed by atoms with Gasteiger partial charge in [-0.05, 0) is 66.8 Å². The SMILES string of the molecule is CCOc1ccc(N(CCCC(=O)N(Cc2ccc(F)cc2)C(Cc2ccccc2)C(=O)NCC(C)C)S(C)(=O)=O)cc1. The maximum Gasteiger partial charge on any atom is 0.243 e. The average molecular weight is 612 g/mol. The molecule has 0 radical (unpaired) electrons. The number of anilines is 1. The van der Waals surface area contributed by atoms with Gasteiger partial charge < -0.3 is 15.0 Å². The Morgan fingerprint density at radius 3 is 2.16 bits per heavy atom. The van der Waals surface area contributed by atoms with Gasteiger partial charge in [0.25, 0.3) is 0 Å². The number of amides is 2. The van der Waals surface area contributed by atoms with Gasteiger partial charge in [0.15, 0.2) is 0 Å². The smallest absolute Gasteiger partial charge is 0.243 e. The van der Waals surface area contributed by atoms with Crippen LogP contribution in [0.1, 0.15) is 44.7 Å². The molecule has 0 aliphatic heterocycles. The van der Waals surface area contributed by atoms with E-state index in [0.29, 0.717) is 36.6 Å². The van der Waals surface area contributed by atoms with Gasteiger partial charge in [-0.15, -0.1) is 0 Å². The van der Waals surface area contributed by atoms with Crippen LogP contribution in [-0.4, -0.2) is 57.1 Å². The monoisotopic (exact) mass is 611 g/mol. The van der Waals surface area contributed by atoms with E-state index in [1.165, 1.54) is 21.3 Å². The van der Waals surface area contributed by atoms with Crippen molar-refractivity contribution in [2.75, 3.05) is 30.3 Å². The number of halogens is 1. The molecule has 1 N–H and O–H groups in total. The van der Waals surface area contributed by atoms with Crippen LogP contribution >= 0.6 is 0 Å². The second kappa shape index (κ2) is 16.1. The van der Waals surface area contributed by atoms with Gasteiger partial charge >= 0.3 is 0 Å². The van der Waals surface area contributed by atoms with Crippen LogP contribution in [0, 0.1) is 11.7 Å². The third kappa shape index (κ3) is 10.7. The summed E-state index contributed by atoms with van der Waals surface area (Å²) in [5.74, 6) is -0.128. The highest BCUT2D eigenvalue weighted by Crippen LogP contribution is 2.23. The first kappa shape index (κ1) is 33.6. The molecule has 10 heteroatoms. The Morgan fingerprint density at radius 2 is 1.58 bits per heavy atom. The number of hydrogen-bond donors (Lipinski definition) is 1. The molecule has 2 amide bonds. The Kier molecular flexibility index (Phi) is 12.5. The van der Waals surface area contributed by atoms with Gasteiger partial charge in [0.1, 0.15) is 17.6 Å². The number of carbonyl (C=O) groups excluding carboxylic acids is 2. The molecular weight excluding hydrogens is 569 g/mol. The lowest BCUT2D eigenvalue weighted by atomic mass is 10.0. The number of ether oxygens (including phenoxy) is 1. The van der Waals surface area contributed by atoms with Crippen LogP contribution in [0.25, 0.3) is 0 Å². The fraction of sp³-hybridized carbons (Fsp3) is 0.394. The van der Waals surface area contributed by atoms with E-state index in [-0.39, 0.29) is 43.7 Å². The highest BCUT2D eigenvalue weighted by atomic mass is 32.2. The highest BCUT2D eigenvalue weighted by Gasteiger charge is 2.30. The Labute approximate surface area is 254 Å². The first-order chi connectivity index (χ1) is 20.5. The Hall–Kier alpha value is -3.92. The number of sulfonamides is 1. The molecule has 0 saturated heterocycles. The average Bonchev–Trinajstić information content (AvgIpc) is 2.97. The minimum atomic E-state index is -3.63. The zero-order chi connectivity index (χ0) is 31.4. The van der Waals surface area contributed by atoms with Gasteiger partial charge in [-0.1, -0.05) is 56.3 Å². The Bertz CT molecular complexity index is 1420. The molecule has 0 aliphatic rings. The fourth-order valence-corrected chi connectivity index (χ4v) is 5.61. The van der Waals surface area contributed by atoms with E-state index in [0.717, 1.165) is 11.8 Å². The minimum Gasteiger partial charge on any atom is -0.494 e. The van der Waals surface area contributed by atoms with Gasteiger partial charge in [-0.25, -0.2) is 12.8 Å². The molecule has 232 valence electrons. The molecule has 3 rings (SSSR count). The molecule has 1 atom stereocenters. The van der Waals surface area contributed by atoms with Crippen molar-refractivity contribution in [3.8, 4) is 5.75 Å². The fourth-order valence-electron chi connectivity index (χ4n) is 4.64. The number of nitrogens with one attached hydrogen (secondary N) is 1. The van der Waals surface area contributed by atoms with Crippen LogP contribution in [0.5, 0.6) is 5.75 Å². The van der Waals surface area contributed by atoms with E-state index in [1.54, 1.807) is 36.4 Å². The number of benzene rings is 3. The van der Waals surface area contributed by atoms with Gasteiger partial charge in [0.05, 0.1) is 18.6 Å². The van der Waals surface area contributed by atoms with Gasteiger partial charge in [0.2, 0.25) is 21.8 Å². The maximum atomic E-state index is 13.9. The lowest BCUT2D eigenvalue weighted by Gasteiger charge is -2.32. The van der Waals surface area contributed by atoms with E-state index in [9.17, 15) is 22.4 Å². The van der Waals surface area contributed by atoms with Crippen molar-refractivity contribution in [1.29, 1.82) is 0 Å². The summed E-state index contributed by atoms with van der Waals surface area (Å²) in [6.07, 6.45) is 1.65. The molecule has 3 aromatic rings. The summed E-state index contributed by atoms with van der Waals surface area (Å²) in [5, 5.41) is 2.97. The van der Waals surface area contributed by atoms with E-state index >= 15 is 0 Å². The van der Waals surface area contributed by atoms with Crippen LogP contribution in [0.3, 0.4) is 0 Å².